The number of para-hydroxylation sites is 1. The fourth-order valence-corrected chi connectivity index (χ4v) is 2.69. The quantitative estimate of drug-likeness (QED) is 0.383. The highest BCUT2D eigenvalue weighted by Gasteiger charge is 2.20. The monoisotopic (exact) mass is 400 g/mol. The summed E-state index contributed by atoms with van der Waals surface area (Å²) in [5, 5.41) is 14.7. The predicted molar refractivity (Wildman–Crippen MR) is 111 cm³/mol. The van der Waals surface area contributed by atoms with Gasteiger partial charge in [-0.1, -0.05) is 25.1 Å². The lowest BCUT2D eigenvalue weighted by molar-refractivity contribution is 0.0938. The van der Waals surface area contributed by atoms with Crippen molar-refractivity contribution in [3.05, 3.63) is 51.2 Å². The molecule has 0 saturated carbocycles. The van der Waals surface area contributed by atoms with Crippen LogP contribution in [-0.4, -0.2) is 42.6 Å². The van der Waals surface area contributed by atoms with E-state index < -0.39 is 17.4 Å². The Labute approximate surface area is 166 Å². The maximum absolute atomic E-state index is 12.4. The number of hydrogen-bond donors (Lipinski definition) is 3. The van der Waals surface area contributed by atoms with Crippen molar-refractivity contribution in [2.75, 3.05) is 12.0 Å². The predicted octanol–water partition coefficient (Wildman–Crippen LogP) is 1.06. The summed E-state index contributed by atoms with van der Waals surface area (Å²) in [6.07, 6.45) is -0.194. The Morgan fingerprint density at radius 2 is 2.07 bits per heavy atom. The number of H-pyrrole nitrogens is 1. The molecule has 0 saturated heterocycles. The molecule has 154 valence electrons. The van der Waals surface area contributed by atoms with Crippen LogP contribution in [0.2, 0.25) is 0 Å². The topological polar surface area (TPSA) is 127 Å². The molecule has 10 nitrogen and oxygen atoms in total. The summed E-state index contributed by atoms with van der Waals surface area (Å²) < 4.78 is 8.32. The molecule has 29 heavy (non-hydrogen) atoms. The van der Waals surface area contributed by atoms with Crippen molar-refractivity contribution in [1.82, 2.24) is 19.1 Å². The van der Waals surface area contributed by atoms with Crippen molar-refractivity contribution in [3.63, 3.8) is 0 Å². The third kappa shape index (κ3) is 4.54. The maximum Gasteiger partial charge on any atom is 0.329 e. The summed E-state index contributed by atoms with van der Waals surface area (Å²) >= 11 is 0. The number of hydrazone groups is 1. The van der Waals surface area contributed by atoms with Crippen molar-refractivity contribution < 1.29 is 9.84 Å². The van der Waals surface area contributed by atoms with Crippen LogP contribution < -0.4 is 21.4 Å². The minimum absolute atomic E-state index is 0.0179. The SMILES string of the molecule is CCC(C)=NNc1nc2c(c(=O)[nH]c(=O)n2C)n1CC(O)COc1ccccc1. The number of nitrogens with one attached hydrogen (secondary N) is 2. The molecule has 0 radical (unpaired) electrons. The van der Waals surface area contributed by atoms with Gasteiger partial charge in [-0.15, -0.1) is 0 Å². The zero-order valence-corrected chi connectivity index (χ0v) is 16.5. The summed E-state index contributed by atoms with van der Waals surface area (Å²) in [5.41, 5.74) is 2.86. The number of anilines is 1. The fraction of sp³-hybridized carbons (Fsp3) is 0.368. The Morgan fingerprint density at radius 3 is 2.76 bits per heavy atom. The van der Waals surface area contributed by atoms with Crippen LogP contribution >= 0.6 is 0 Å². The number of rotatable bonds is 8. The van der Waals surface area contributed by atoms with E-state index in [2.05, 4.69) is 20.5 Å². The first kappa shape index (κ1) is 20.3. The van der Waals surface area contributed by atoms with Gasteiger partial charge in [-0.2, -0.15) is 10.1 Å². The van der Waals surface area contributed by atoms with Crippen molar-refractivity contribution in [2.45, 2.75) is 32.9 Å². The lowest BCUT2D eigenvalue weighted by Crippen LogP contribution is -2.30. The molecule has 2 heterocycles. The first-order valence-corrected chi connectivity index (χ1v) is 9.25. The summed E-state index contributed by atoms with van der Waals surface area (Å²) in [6.45, 7) is 3.85. The number of fused-ring (bicyclic) bond motifs is 1. The number of aromatic nitrogens is 4. The van der Waals surface area contributed by atoms with Gasteiger partial charge in [0.05, 0.1) is 6.54 Å². The zero-order chi connectivity index (χ0) is 21.0. The number of aryl methyl sites for hydroxylation is 1. The van der Waals surface area contributed by atoms with E-state index in [1.165, 1.54) is 16.2 Å². The van der Waals surface area contributed by atoms with Gasteiger partial charge in [0, 0.05) is 12.8 Å². The smallest absolute Gasteiger partial charge is 0.329 e. The molecule has 0 fully saturated rings. The van der Waals surface area contributed by atoms with E-state index >= 15 is 0 Å². The molecule has 0 bridgehead atoms. The molecule has 0 spiro atoms. The number of benzene rings is 1. The van der Waals surface area contributed by atoms with E-state index in [4.69, 9.17) is 4.74 Å². The Hall–Kier alpha value is -3.40. The van der Waals surface area contributed by atoms with E-state index in [1.54, 1.807) is 12.1 Å². The maximum atomic E-state index is 12.4. The Bertz CT molecular complexity index is 1130. The second kappa shape index (κ2) is 8.74. The van der Waals surface area contributed by atoms with Gasteiger partial charge in [-0.25, -0.2) is 10.2 Å². The largest absolute Gasteiger partial charge is 0.491 e. The molecule has 1 unspecified atom stereocenters. The van der Waals surface area contributed by atoms with Crippen LogP contribution in [0.15, 0.2) is 45.0 Å². The van der Waals surface area contributed by atoms with Crippen molar-refractivity contribution in [1.29, 1.82) is 0 Å². The van der Waals surface area contributed by atoms with Crippen LogP contribution in [0, 0.1) is 0 Å². The van der Waals surface area contributed by atoms with Gasteiger partial charge >= 0.3 is 5.69 Å². The fourth-order valence-electron chi connectivity index (χ4n) is 2.69. The summed E-state index contributed by atoms with van der Waals surface area (Å²) in [7, 11) is 1.51. The van der Waals surface area contributed by atoms with Crippen LogP contribution in [-0.2, 0) is 13.6 Å². The molecule has 0 aliphatic rings. The second-order valence-corrected chi connectivity index (χ2v) is 6.63. The summed E-state index contributed by atoms with van der Waals surface area (Å²) in [4.78, 5) is 30.9. The van der Waals surface area contributed by atoms with E-state index in [1.807, 2.05) is 32.0 Å². The highest BCUT2D eigenvalue weighted by molar-refractivity contribution is 5.82. The van der Waals surface area contributed by atoms with Crippen LogP contribution in [0.3, 0.4) is 0 Å². The van der Waals surface area contributed by atoms with Crippen molar-refractivity contribution >= 4 is 22.8 Å². The highest BCUT2D eigenvalue weighted by atomic mass is 16.5. The molecule has 1 aromatic carbocycles. The number of imidazole rings is 1. The van der Waals surface area contributed by atoms with E-state index in [9.17, 15) is 14.7 Å². The number of hydrogen-bond acceptors (Lipinski definition) is 7. The van der Waals surface area contributed by atoms with Crippen LogP contribution in [0.4, 0.5) is 5.95 Å². The number of aliphatic hydroxyl groups is 1. The lowest BCUT2D eigenvalue weighted by Gasteiger charge is -2.15. The first-order valence-electron chi connectivity index (χ1n) is 9.25. The van der Waals surface area contributed by atoms with Crippen molar-refractivity contribution in [2.24, 2.45) is 12.1 Å². The minimum Gasteiger partial charge on any atom is -0.491 e. The second-order valence-electron chi connectivity index (χ2n) is 6.63. The number of ether oxygens (including phenoxy) is 1. The zero-order valence-electron chi connectivity index (χ0n) is 16.5. The summed E-state index contributed by atoms with van der Waals surface area (Å²) in [6, 6.07) is 9.11. The number of nitrogens with zero attached hydrogens (tertiary/aromatic N) is 4. The van der Waals surface area contributed by atoms with Gasteiger partial charge in [0.15, 0.2) is 11.2 Å². The third-order valence-electron chi connectivity index (χ3n) is 4.44. The van der Waals surface area contributed by atoms with Gasteiger partial charge in [0.1, 0.15) is 18.5 Å². The normalized spacial score (nSPS) is 12.9. The molecule has 1 atom stereocenters. The van der Waals surface area contributed by atoms with E-state index in [0.717, 1.165) is 12.1 Å². The van der Waals surface area contributed by atoms with Gasteiger partial charge in [-0.05, 0) is 25.5 Å². The van der Waals surface area contributed by atoms with Gasteiger partial charge in [0.2, 0.25) is 5.95 Å². The van der Waals surface area contributed by atoms with Gasteiger partial charge in [0.25, 0.3) is 5.56 Å². The minimum atomic E-state index is -0.930. The van der Waals surface area contributed by atoms with Crippen molar-refractivity contribution in [3.8, 4) is 5.75 Å². The Kier molecular flexibility index (Phi) is 6.13. The van der Waals surface area contributed by atoms with E-state index in [-0.39, 0.29) is 30.3 Å². The van der Waals surface area contributed by atoms with Crippen LogP contribution in [0.5, 0.6) is 5.75 Å². The average Bonchev–Trinajstić information content (AvgIpc) is 3.08. The number of aromatic amines is 1. The molecular weight excluding hydrogens is 376 g/mol. The highest BCUT2D eigenvalue weighted by Crippen LogP contribution is 2.17. The van der Waals surface area contributed by atoms with Gasteiger partial charge < -0.3 is 14.4 Å². The standard InChI is InChI=1S/C19H24N6O4/c1-4-12(2)22-23-18-20-16-15(17(27)21-19(28)24(16)3)25(18)10-13(26)11-29-14-8-6-5-7-9-14/h5-9,13,26H,4,10-11H2,1-3H3,(H,20,23)(H,21,27,28). The van der Waals surface area contributed by atoms with Crippen LogP contribution in [0.1, 0.15) is 20.3 Å². The average molecular weight is 400 g/mol. The molecule has 0 amide bonds. The molecule has 3 rings (SSSR count). The molecular formula is C19H24N6O4. The molecule has 3 aromatic rings. The number of aliphatic hydroxyl groups excluding tert-OH is 1. The Balaban J connectivity index is 1.94. The first-order chi connectivity index (χ1) is 13.9. The molecule has 0 aliphatic heterocycles. The molecule has 0 aliphatic carbocycles. The van der Waals surface area contributed by atoms with Gasteiger partial charge in [-0.3, -0.25) is 14.3 Å². The third-order valence-corrected chi connectivity index (χ3v) is 4.44. The summed E-state index contributed by atoms with van der Waals surface area (Å²) in [5.74, 6) is 0.877. The van der Waals surface area contributed by atoms with E-state index in [0.29, 0.717) is 5.75 Å². The molecule has 3 N–H and O–H groups in total. The molecule has 2 aromatic heterocycles. The lowest BCUT2D eigenvalue weighted by atomic mass is 10.3. The Morgan fingerprint density at radius 1 is 1.34 bits per heavy atom. The van der Waals surface area contributed by atoms with Crippen LogP contribution in [0.25, 0.3) is 11.2 Å². The molecule has 10 heteroatoms.